The van der Waals surface area contributed by atoms with Crippen LogP contribution in [0.15, 0.2) is 24.5 Å². The normalized spacial score (nSPS) is 15.3. The molecule has 1 aromatic rings. The van der Waals surface area contributed by atoms with Crippen LogP contribution in [0.4, 0.5) is 13.2 Å². The molecule has 0 spiro atoms. The Balaban J connectivity index is 2.06. The number of halogens is 4. The molecule has 0 saturated carbocycles. The summed E-state index contributed by atoms with van der Waals surface area (Å²) in [5.74, 6) is -4.60. The van der Waals surface area contributed by atoms with Crippen molar-refractivity contribution >= 4 is 23.4 Å². The highest BCUT2D eigenvalue weighted by atomic mass is 35.5. The number of amides is 2. The van der Waals surface area contributed by atoms with Gasteiger partial charge in [-0.05, 0) is 25.0 Å². The Kier molecular flexibility index (Phi) is 5.54. The molecule has 130 valence electrons. The van der Waals surface area contributed by atoms with Gasteiger partial charge >= 0.3 is 0 Å². The molecule has 8 heteroatoms. The Morgan fingerprint density at radius 1 is 1.25 bits per heavy atom. The number of carbonyl (C=O) groups excluding carboxylic acids is 2. The summed E-state index contributed by atoms with van der Waals surface area (Å²) < 4.78 is 39.3. The zero-order valence-corrected chi connectivity index (χ0v) is 13.7. The summed E-state index contributed by atoms with van der Waals surface area (Å²) >= 11 is 5.82. The van der Waals surface area contributed by atoms with Gasteiger partial charge in [-0.2, -0.15) is 0 Å². The molecule has 1 saturated heterocycles. The second-order valence-corrected chi connectivity index (χ2v) is 6.00. The number of hydrogen-bond donors (Lipinski definition) is 0. The molecule has 1 fully saturated rings. The molecule has 0 unspecified atom stereocenters. The minimum Gasteiger partial charge on any atom is -0.339 e. The molecule has 1 aliphatic heterocycles. The van der Waals surface area contributed by atoms with Gasteiger partial charge in [-0.3, -0.25) is 9.59 Å². The quantitative estimate of drug-likeness (QED) is 0.613. The van der Waals surface area contributed by atoms with Crippen LogP contribution in [-0.2, 0) is 4.79 Å². The Morgan fingerprint density at radius 2 is 1.79 bits per heavy atom. The standard InChI is InChI=1S/C16H16ClF3N2O2/c1-9(18)15(23)22-5-3-10(4-6-22)21(2)16(24)11-7-13(19)14(20)8-12(11)17/h7-8,10H,1,3-6H2,2H3. The van der Waals surface area contributed by atoms with Gasteiger partial charge in [-0.25, -0.2) is 13.2 Å². The monoisotopic (exact) mass is 360 g/mol. The number of piperidine rings is 1. The lowest BCUT2D eigenvalue weighted by Crippen LogP contribution is -2.47. The maximum absolute atomic E-state index is 13.3. The van der Waals surface area contributed by atoms with Crippen molar-refractivity contribution in [1.29, 1.82) is 0 Å². The van der Waals surface area contributed by atoms with E-state index in [2.05, 4.69) is 6.58 Å². The highest BCUT2D eigenvalue weighted by molar-refractivity contribution is 6.33. The Bertz CT molecular complexity index is 688. The average molecular weight is 361 g/mol. The maximum Gasteiger partial charge on any atom is 0.281 e. The van der Waals surface area contributed by atoms with Crippen molar-refractivity contribution < 1.29 is 22.8 Å². The SMILES string of the molecule is C=C(F)C(=O)N1CCC(N(C)C(=O)c2cc(F)c(F)cc2Cl)CC1. The molecular weight excluding hydrogens is 345 g/mol. The molecule has 2 amide bonds. The lowest BCUT2D eigenvalue weighted by atomic mass is 10.0. The fourth-order valence-corrected chi connectivity index (χ4v) is 2.90. The van der Waals surface area contributed by atoms with Crippen molar-refractivity contribution in [2.45, 2.75) is 18.9 Å². The van der Waals surface area contributed by atoms with Crippen molar-refractivity contribution in [2.24, 2.45) is 0 Å². The summed E-state index contributed by atoms with van der Waals surface area (Å²) in [5.41, 5.74) is -0.131. The van der Waals surface area contributed by atoms with Crippen molar-refractivity contribution in [1.82, 2.24) is 9.80 Å². The van der Waals surface area contributed by atoms with E-state index in [0.29, 0.717) is 12.8 Å². The summed E-state index contributed by atoms with van der Waals surface area (Å²) in [6, 6.07) is 1.30. The van der Waals surface area contributed by atoms with E-state index >= 15 is 0 Å². The molecular formula is C16H16ClF3N2O2. The van der Waals surface area contributed by atoms with Gasteiger partial charge in [0.15, 0.2) is 17.5 Å². The third kappa shape index (κ3) is 3.72. The van der Waals surface area contributed by atoms with Crippen LogP contribution in [-0.4, -0.2) is 47.8 Å². The van der Waals surface area contributed by atoms with Crippen LogP contribution in [0.3, 0.4) is 0 Å². The molecule has 1 aliphatic rings. The van der Waals surface area contributed by atoms with Gasteiger partial charge in [0.05, 0.1) is 10.6 Å². The van der Waals surface area contributed by atoms with Gasteiger partial charge in [-0.1, -0.05) is 18.2 Å². The van der Waals surface area contributed by atoms with Gasteiger partial charge in [-0.15, -0.1) is 0 Å². The van der Waals surface area contributed by atoms with Crippen LogP contribution < -0.4 is 0 Å². The first kappa shape index (κ1) is 18.3. The second kappa shape index (κ2) is 7.25. The summed E-state index contributed by atoms with van der Waals surface area (Å²) in [4.78, 5) is 26.7. The zero-order chi connectivity index (χ0) is 18.0. The largest absolute Gasteiger partial charge is 0.339 e. The molecule has 0 atom stereocenters. The highest BCUT2D eigenvalue weighted by Crippen LogP contribution is 2.24. The molecule has 1 aromatic carbocycles. The minimum atomic E-state index is -1.15. The fourth-order valence-electron chi connectivity index (χ4n) is 2.67. The van der Waals surface area contributed by atoms with Crippen molar-refractivity contribution in [3.05, 3.63) is 46.8 Å². The Labute approximate surface area is 142 Å². The smallest absolute Gasteiger partial charge is 0.281 e. The number of benzene rings is 1. The molecule has 0 aromatic heterocycles. The number of nitrogens with zero attached hydrogens (tertiary/aromatic N) is 2. The predicted octanol–water partition coefficient (Wildman–Crippen LogP) is 3.16. The van der Waals surface area contributed by atoms with Crippen molar-refractivity contribution in [2.75, 3.05) is 20.1 Å². The molecule has 24 heavy (non-hydrogen) atoms. The summed E-state index contributed by atoms with van der Waals surface area (Å²) in [6.45, 7) is 3.52. The zero-order valence-electron chi connectivity index (χ0n) is 13.0. The van der Waals surface area contributed by atoms with E-state index in [1.807, 2.05) is 0 Å². The van der Waals surface area contributed by atoms with Crippen LogP contribution in [0.1, 0.15) is 23.2 Å². The van der Waals surface area contributed by atoms with Gasteiger partial charge in [0.2, 0.25) is 0 Å². The first-order chi connectivity index (χ1) is 11.2. The molecule has 0 N–H and O–H groups in total. The molecule has 0 aliphatic carbocycles. The fraction of sp³-hybridized carbons (Fsp3) is 0.375. The molecule has 1 heterocycles. The number of likely N-dealkylation sites (tertiary alicyclic amines) is 1. The van der Waals surface area contributed by atoms with Gasteiger partial charge in [0, 0.05) is 26.2 Å². The van der Waals surface area contributed by atoms with Crippen LogP contribution >= 0.6 is 11.6 Å². The van der Waals surface area contributed by atoms with Crippen LogP contribution in [0.25, 0.3) is 0 Å². The van der Waals surface area contributed by atoms with Crippen molar-refractivity contribution in [3.63, 3.8) is 0 Å². The Morgan fingerprint density at radius 3 is 2.33 bits per heavy atom. The van der Waals surface area contributed by atoms with Crippen LogP contribution in [0.5, 0.6) is 0 Å². The number of carbonyl (C=O) groups is 2. The first-order valence-corrected chi connectivity index (χ1v) is 7.65. The van der Waals surface area contributed by atoms with E-state index in [-0.39, 0.29) is 29.7 Å². The van der Waals surface area contributed by atoms with E-state index < -0.39 is 29.3 Å². The van der Waals surface area contributed by atoms with Gasteiger partial charge < -0.3 is 9.80 Å². The van der Waals surface area contributed by atoms with Gasteiger partial charge in [0.25, 0.3) is 11.8 Å². The molecule has 2 rings (SSSR count). The maximum atomic E-state index is 13.3. The number of hydrogen-bond acceptors (Lipinski definition) is 2. The minimum absolute atomic E-state index is 0.131. The van der Waals surface area contributed by atoms with Gasteiger partial charge in [0.1, 0.15) is 0 Å². The lowest BCUT2D eigenvalue weighted by Gasteiger charge is -2.36. The van der Waals surface area contributed by atoms with E-state index in [4.69, 9.17) is 11.6 Å². The average Bonchev–Trinajstić information content (AvgIpc) is 2.56. The summed E-state index contributed by atoms with van der Waals surface area (Å²) in [6.07, 6.45) is 0.866. The third-order valence-electron chi connectivity index (χ3n) is 4.09. The Hall–Kier alpha value is -2.02. The summed E-state index contributed by atoms with van der Waals surface area (Å²) in [5, 5.41) is -0.174. The molecule has 0 bridgehead atoms. The molecule has 4 nitrogen and oxygen atoms in total. The lowest BCUT2D eigenvalue weighted by molar-refractivity contribution is -0.130. The van der Waals surface area contributed by atoms with Crippen LogP contribution in [0, 0.1) is 11.6 Å². The van der Waals surface area contributed by atoms with E-state index in [0.717, 1.165) is 12.1 Å². The summed E-state index contributed by atoms with van der Waals surface area (Å²) in [7, 11) is 1.52. The van der Waals surface area contributed by atoms with Crippen LogP contribution in [0.2, 0.25) is 5.02 Å². The highest BCUT2D eigenvalue weighted by Gasteiger charge is 2.29. The van der Waals surface area contributed by atoms with E-state index in [9.17, 15) is 22.8 Å². The topological polar surface area (TPSA) is 40.6 Å². The van der Waals surface area contributed by atoms with E-state index in [1.54, 1.807) is 0 Å². The molecule has 0 radical (unpaired) electrons. The first-order valence-electron chi connectivity index (χ1n) is 7.27. The second-order valence-electron chi connectivity index (χ2n) is 5.59. The number of rotatable bonds is 3. The third-order valence-corrected chi connectivity index (χ3v) is 4.40. The predicted molar refractivity (Wildman–Crippen MR) is 83.3 cm³/mol. The van der Waals surface area contributed by atoms with E-state index in [1.165, 1.54) is 16.8 Å². The van der Waals surface area contributed by atoms with Crippen molar-refractivity contribution in [3.8, 4) is 0 Å².